The first-order valence-corrected chi connectivity index (χ1v) is 8.82. The Morgan fingerprint density at radius 1 is 1.14 bits per heavy atom. The Labute approximate surface area is 167 Å². The molecule has 0 saturated heterocycles. The van der Waals surface area contributed by atoms with Crippen LogP contribution < -0.4 is 20.1 Å². The zero-order valence-electron chi connectivity index (χ0n) is 16.0. The molecule has 0 aliphatic rings. The molecule has 1 heterocycles. The molecule has 0 aliphatic heterocycles. The number of guanidine groups is 1. The van der Waals surface area contributed by atoms with Crippen molar-refractivity contribution in [1.82, 2.24) is 15.6 Å². The molecule has 0 aliphatic carbocycles. The Morgan fingerprint density at radius 3 is 2.55 bits per heavy atom. The molecule has 0 atom stereocenters. The fourth-order valence-corrected chi connectivity index (χ4v) is 2.28. The van der Waals surface area contributed by atoms with Crippen LogP contribution in [0.4, 0.5) is 13.2 Å². The van der Waals surface area contributed by atoms with Gasteiger partial charge in [0.2, 0.25) is 5.88 Å². The Balaban J connectivity index is 1.84. The molecule has 1 aromatic heterocycles. The average Bonchev–Trinajstić information content (AvgIpc) is 2.71. The van der Waals surface area contributed by atoms with E-state index in [0.717, 1.165) is 16.9 Å². The van der Waals surface area contributed by atoms with Crippen molar-refractivity contribution < 1.29 is 22.6 Å². The molecule has 0 unspecified atom stereocenters. The maximum atomic E-state index is 12.2. The summed E-state index contributed by atoms with van der Waals surface area (Å²) in [7, 11) is 1.64. The second kappa shape index (κ2) is 10.9. The van der Waals surface area contributed by atoms with Crippen molar-refractivity contribution in [3.8, 4) is 11.6 Å². The lowest BCUT2D eigenvalue weighted by Crippen LogP contribution is -2.36. The highest BCUT2D eigenvalue weighted by atomic mass is 19.4. The van der Waals surface area contributed by atoms with Crippen LogP contribution in [0.2, 0.25) is 0 Å². The van der Waals surface area contributed by atoms with Gasteiger partial charge in [-0.1, -0.05) is 36.9 Å². The lowest BCUT2D eigenvalue weighted by Gasteiger charge is -2.14. The highest BCUT2D eigenvalue weighted by Gasteiger charge is 2.28. The average molecular weight is 408 g/mol. The minimum atomic E-state index is -4.39. The molecule has 29 heavy (non-hydrogen) atoms. The van der Waals surface area contributed by atoms with Crippen LogP contribution in [-0.4, -0.2) is 37.4 Å². The summed E-state index contributed by atoms with van der Waals surface area (Å²) in [5.74, 6) is 1.24. The van der Waals surface area contributed by atoms with E-state index in [1.807, 2.05) is 24.3 Å². The van der Waals surface area contributed by atoms with Gasteiger partial charge in [0.25, 0.3) is 0 Å². The van der Waals surface area contributed by atoms with E-state index in [0.29, 0.717) is 25.7 Å². The Morgan fingerprint density at radius 2 is 1.90 bits per heavy atom. The monoisotopic (exact) mass is 408 g/mol. The summed E-state index contributed by atoms with van der Waals surface area (Å²) >= 11 is 0. The molecular weight excluding hydrogens is 385 g/mol. The summed E-state index contributed by atoms with van der Waals surface area (Å²) < 4.78 is 46.7. The van der Waals surface area contributed by atoms with E-state index in [4.69, 9.17) is 4.74 Å². The summed E-state index contributed by atoms with van der Waals surface area (Å²) in [6.45, 7) is 3.57. The third-order valence-corrected chi connectivity index (χ3v) is 3.64. The number of aromatic nitrogens is 1. The van der Waals surface area contributed by atoms with Gasteiger partial charge >= 0.3 is 6.18 Å². The molecule has 0 amide bonds. The van der Waals surface area contributed by atoms with Gasteiger partial charge < -0.3 is 20.1 Å². The molecule has 156 valence electrons. The molecule has 2 aromatic rings. The van der Waals surface area contributed by atoms with Crippen LogP contribution in [0.3, 0.4) is 0 Å². The molecule has 2 N–H and O–H groups in total. The molecule has 0 fully saturated rings. The van der Waals surface area contributed by atoms with Crippen LogP contribution in [0.5, 0.6) is 11.6 Å². The second-order valence-corrected chi connectivity index (χ2v) is 5.90. The summed E-state index contributed by atoms with van der Waals surface area (Å²) in [6.07, 6.45) is -1.27. The Kier molecular flexibility index (Phi) is 8.32. The quantitative estimate of drug-likeness (QED) is 0.378. The van der Waals surface area contributed by atoms with Gasteiger partial charge in [-0.3, -0.25) is 4.99 Å². The zero-order valence-corrected chi connectivity index (χ0v) is 16.0. The Hall–Kier alpha value is -3.23. The van der Waals surface area contributed by atoms with Gasteiger partial charge in [-0.2, -0.15) is 13.2 Å². The minimum Gasteiger partial charge on any atom is -0.489 e. The molecule has 0 radical (unpaired) electrons. The lowest BCUT2D eigenvalue weighted by atomic mass is 10.2. The number of ether oxygens (including phenoxy) is 2. The number of aliphatic imine (C=N–C) groups is 1. The number of hydrogen-bond acceptors (Lipinski definition) is 4. The van der Waals surface area contributed by atoms with E-state index in [1.165, 1.54) is 12.3 Å². The predicted molar refractivity (Wildman–Crippen MR) is 105 cm³/mol. The number of hydrogen-bond donors (Lipinski definition) is 2. The first-order valence-electron chi connectivity index (χ1n) is 8.82. The number of alkyl halides is 3. The SMILES string of the molecule is C=CCOc1ccccc1CNC(=NC)NCc1ccc(OCC(F)(F)F)nc1. The number of pyridine rings is 1. The predicted octanol–water partition coefficient (Wildman–Crippen LogP) is 3.45. The normalized spacial score (nSPS) is 11.7. The number of halogens is 3. The van der Waals surface area contributed by atoms with Crippen LogP contribution in [0, 0.1) is 0 Å². The molecule has 9 heteroatoms. The molecule has 1 aromatic carbocycles. The Bertz CT molecular complexity index is 808. The number of rotatable bonds is 9. The minimum absolute atomic E-state index is 0.0790. The van der Waals surface area contributed by atoms with E-state index in [1.54, 1.807) is 19.2 Å². The standard InChI is InChI=1S/C20H23F3N4O2/c1-3-10-28-17-7-5-4-6-16(17)13-27-19(24-2)26-12-15-8-9-18(25-11-15)29-14-20(21,22)23/h3-9,11H,1,10,12-14H2,2H3,(H2,24,26,27). The van der Waals surface area contributed by atoms with Crippen LogP contribution in [-0.2, 0) is 13.1 Å². The molecular formula is C20H23F3N4O2. The topological polar surface area (TPSA) is 67.8 Å². The summed E-state index contributed by atoms with van der Waals surface area (Å²) in [6, 6.07) is 10.7. The summed E-state index contributed by atoms with van der Waals surface area (Å²) in [4.78, 5) is 8.02. The van der Waals surface area contributed by atoms with E-state index in [9.17, 15) is 13.2 Å². The van der Waals surface area contributed by atoms with Crippen LogP contribution in [0.1, 0.15) is 11.1 Å². The van der Waals surface area contributed by atoms with Crippen LogP contribution in [0.15, 0.2) is 60.2 Å². The van der Waals surface area contributed by atoms with Crippen molar-refractivity contribution in [3.05, 3.63) is 66.4 Å². The smallest absolute Gasteiger partial charge is 0.422 e. The maximum absolute atomic E-state index is 12.2. The molecule has 0 spiro atoms. The van der Waals surface area contributed by atoms with Crippen molar-refractivity contribution in [2.45, 2.75) is 19.3 Å². The van der Waals surface area contributed by atoms with Crippen molar-refractivity contribution in [2.24, 2.45) is 4.99 Å². The maximum Gasteiger partial charge on any atom is 0.422 e. The van der Waals surface area contributed by atoms with Crippen molar-refractivity contribution in [2.75, 3.05) is 20.3 Å². The van der Waals surface area contributed by atoms with Gasteiger partial charge in [-0.15, -0.1) is 0 Å². The number of para-hydroxylation sites is 1. The third-order valence-electron chi connectivity index (χ3n) is 3.64. The first kappa shape index (κ1) is 22.1. The zero-order chi connectivity index (χ0) is 21.1. The summed E-state index contributed by atoms with van der Waals surface area (Å²) in [5, 5.41) is 6.30. The van der Waals surface area contributed by atoms with E-state index < -0.39 is 12.8 Å². The van der Waals surface area contributed by atoms with Gasteiger partial charge in [-0.25, -0.2) is 4.98 Å². The molecule has 6 nitrogen and oxygen atoms in total. The molecule has 0 bridgehead atoms. The lowest BCUT2D eigenvalue weighted by molar-refractivity contribution is -0.154. The van der Waals surface area contributed by atoms with Crippen molar-refractivity contribution in [3.63, 3.8) is 0 Å². The van der Waals surface area contributed by atoms with Crippen molar-refractivity contribution in [1.29, 1.82) is 0 Å². The van der Waals surface area contributed by atoms with Crippen molar-refractivity contribution >= 4 is 5.96 Å². The van der Waals surface area contributed by atoms with E-state index in [-0.39, 0.29) is 5.88 Å². The van der Waals surface area contributed by atoms with Gasteiger partial charge in [-0.05, 0) is 11.6 Å². The third kappa shape index (κ3) is 8.12. The van der Waals surface area contributed by atoms with Gasteiger partial charge in [0.15, 0.2) is 12.6 Å². The molecule has 0 saturated carbocycles. The van der Waals surface area contributed by atoms with E-state index >= 15 is 0 Å². The second-order valence-electron chi connectivity index (χ2n) is 5.90. The summed E-state index contributed by atoms with van der Waals surface area (Å²) in [5.41, 5.74) is 1.73. The van der Waals surface area contributed by atoms with Crippen LogP contribution >= 0.6 is 0 Å². The van der Waals surface area contributed by atoms with Crippen LogP contribution in [0.25, 0.3) is 0 Å². The largest absolute Gasteiger partial charge is 0.489 e. The fourth-order valence-electron chi connectivity index (χ4n) is 2.28. The molecule has 2 rings (SSSR count). The fraction of sp³-hybridized carbons (Fsp3) is 0.300. The number of nitrogens with one attached hydrogen (secondary N) is 2. The van der Waals surface area contributed by atoms with Gasteiger partial charge in [0, 0.05) is 38.0 Å². The van der Waals surface area contributed by atoms with Gasteiger partial charge in [0.05, 0.1) is 0 Å². The van der Waals surface area contributed by atoms with Gasteiger partial charge in [0.1, 0.15) is 12.4 Å². The highest BCUT2D eigenvalue weighted by Crippen LogP contribution is 2.18. The highest BCUT2D eigenvalue weighted by molar-refractivity contribution is 5.79. The number of benzene rings is 1. The first-order chi connectivity index (χ1) is 13.9. The van der Waals surface area contributed by atoms with E-state index in [2.05, 4.69) is 31.9 Å². The number of nitrogens with zero attached hydrogens (tertiary/aromatic N) is 2.